The molecule has 0 spiro atoms. The molecule has 2 rings (SSSR count). The molecule has 0 amide bonds. The summed E-state index contributed by atoms with van der Waals surface area (Å²) in [6.07, 6.45) is -4.75. The van der Waals surface area contributed by atoms with Gasteiger partial charge in [0.2, 0.25) is 0 Å². The highest BCUT2D eigenvalue weighted by Gasteiger charge is 2.56. The van der Waals surface area contributed by atoms with E-state index < -0.39 is 29.2 Å². The number of thioether (sulfide) groups is 1. The molecule has 0 aliphatic carbocycles. The third-order valence-corrected chi connectivity index (χ3v) is 4.56. The van der Waals surface area contributed by atoms with Crippen molar-refractivity contribution in [2.24, 2.45) is 10.7 Å². The third kappa shape index (κ3) is 3.67. The predicted octanol–water partition coefficient (Wildman–Crippen LogP) is 1.78. The van der Waals surface area contributed by atoms with Crippen LogP contribution in [0.4, 0.5) is 13.2 Å². The number of nitrogens with two attached hydrogens (primary N) is 1. The topological polar surface area (TPSA) is 95.9 Å². The lowest BCUT2D eigenvalue weighted by molar-refractivity contribution is -0.245. The van der Waals surface area contributed by atoms with E-state index in [0.717, 1.165) is 11.8 Å². The Labute approximate surface area is 134 Å². The number of nitrogens with zero attached hydrogens (tertiary/aromatic N) is 1. The maximum atomic E-state index is 12.7. The van der Waals surface area contributed by atoms with Gasteiger partial charge in [0.05, 0.1) is 5.75 Å². The minimum Gasteiger partial charge on any atom is -0.480 e. The molecule has 1 unspecified atom stereocenters. The molecule has 1 aliphatic heterocycles. The highest BCUT2D eigenvalue weighted by Crippen LogP contribution is 2.40. The van der Waals surface area contributed by atoms with Crippen molar-refractivity contribution in [3.8, 4) is 0 Å². The van der Waals surface area contributed by atoms with Gasteiger partial charge in [-0.2, -0.15) is 13.2 Å². The standard InChI is InChI=1S/C14H15F3N2O3S/c1-12(18,11(20)21)6-8-2-4-9(5-3-8)10-19-13(22,7-23-10)14(15,16)17/h2-5,22H,6-7,18H2,1H3,(H,20,21)/t12-,13?/m0/s1. The molecule has 1 aromatic rings. The summed E-state index contributed by atoms with van der Waals surface area (Å²) in [5, 5.41) is 18.6. The summed E-state index contributed by atoms with van der Waals surface area (Å²) in [6, 6.07) is 6.22. The highest BCUT2D eigenvalue weighted by molar-refractivity contribution is 8.14. The van der Waals surface area contributed by atoms with Crippen molar-refractivity contribution in [3.63, 3.8) is 0 Å². The Morgan fingerprint density at radius 3 is 2.39 bits per heavy atom. The molecule has 4 N–H and O–H groups in total. The van der Waals surface area contributed by atoms with Crippen molar-refractivity contribution >= 4 is 22.8 Å². The zero-order chi connectivity index (χ0) is 17.5. The van der Waals surface area contributed by atoms with E-state index in [1.807, 2.05) is 0 Å². The van der Waals surface area contributed by atoms with Crippen molar-refractivity contribution in [1.29, 1.82) is 0 Å². The van der Waals surface area contributed by atoms with Gasteiger partial charge in [-0.1, -0.05) is 24.3 Å². The van der Waals surface area contributed by atoms with Crippen LogP contribution in [0.15, 0.2) is 29.3 Å². The maximum absolute atomic E-state index is 12.7. The third-order valence-electron chi connectivity index (χ3n) is 3.41. The van der Waals surface area contributed by atoms with E-state index in [4.69, 9.17) is 10.8 Å². The predicted molar refractivity (Wildman–Crippen MR) is 80.4 cm³/mol. The maximum Gasteiger partial charge on any atom is 0.439 e. The zero-order valence-corrected chi connectivity index (χ0v) is 12.9. The van der Waals surface area contributed by atoms with Gasteiger partial charge < -0.3 is 15.9 Å². The van der Waals surface area contributed by atoms with E-state index in [-0.39, 0.29) is 11.5 Å². The molecule has 0 fully saturated rings. The largest absolute Gasteiger partial charge is 0.480 e. The molecule has 23 heavy (non-hydrogen) atoms. The van der Waals surface area contributed by atoms with Gasteiger partial charge >= 0.3 is 12.1 Å². The Hall–Kier alpha value is -1.58. The van der Waals surface area contributed by atoms with Gasteiger partial charge in [-0.3, -0.25) is 4.79 Å². The molecule has 0 radical (unpaired) electrons. The second kappa shape index (κ2) is 5.81. The lowest BCUT2D eigenvalue weighted by Crippen LogP contribution is -2.46. The van der Waals surface area contributed by atoms with Gasteiger partial charge in [0.25, 0.3) is 5.72 Å². The van der Waals surface area contributed by atoms with Crippen molar-refractivity contribution in [2.75, 3.05) is 5.75 Å². The first kappa shape index (κ1) is 17.8. The molecule has 0 bridgehead atoms. The first-order valence-corrected chi connectivity index (χ1v) is 7.56. The van der Waals surface area contributed by atoms with E-state index in [9.17, 15) is 23.1 Å². The molecule has 0 aromatic heterocycles. The number of benzene rings is 1. The van der Waals surface area contributed by atoms with Crippen molar-refractivity contribution in [3.05, 3.63) is 35.4 Å². The number of hydrogen-bond acceptors (Lipinski definition) is 5. The molecule has 1 aromatic carbocycles. The zero-order valence-electron chi connectivity index (χ0n) is 12.1. The highest BCUT2D eigenvalue weighted by atomic mass is 32.2. The van der Waals surface area contributed by atoms with Crippen LogP contribution in [-0.2, 0) is 11.2 Å². The molecule has 2 atom stereocenters. The minimum absolute atomic E-state index is 0.0781. The number of carboxylic acid groups (broad SMARTS) is 1. The number of aliphatic carboxylic acids is 1. The van der Waals surface area contributed by atoms with Crippen LogP contribution in [-0.4, -0.2) is 44.4 Å². The summed E-state index contributed by atoms with van der Waals surface area (Å²) in [5.41, 5.74) is 2.21. The first-order chi connectivity index (χ1) is 10.4. The van der Waals surface area contributed by atoms with Crippen LogP contribution in [0.5, 0.6) is 0 Å². The summed E-state index contributed by atoms with van der Waals surface area (Å²) in [6.45, 7) is 1.38. The van der Waals surface area contributed by atoms with Crippen LogP contribution in [0.3, 0.4) is 0 Å². The smallest absolute Gasteiger partial charge is 0.439 e. The van der Waals surface area contributed by atoms with E-state index >= 15 is 0 Å². The van der Waals surface area contributed by atoms with Gasteiger partial charge in [0.15, 0.2) is 0 Å². The van der Waals surface area contributed by atoms with Gasteiger partial charge in [-0.25, -0.2) is 4.99 Å². The number of aliphatic imine (C=N–C) groups is 1. The molecule has 1 heterocycles. The average molecular weight is 348 g/mol. The second-order valence-electron chi connectivity index (χ2n) is 5.62. The average Bonchev–Trinajstić information content (AvgIpc) is 2.82. The number of halogens is 3. The van der Waals surface area contributed by atoms with E-state index in [2.05, 4.69) is 4.99 Å². The SMILES string of the molecule is C[C@](N)(Cc1ccc(C2=NC(O)(C(F)(F)F)CS2)cc1)C(=O)O. The Bertz CT molecular complexity index is 644. The fourth-order valence-corrected chi connectivity index (χ4v) is 3.04. The molecule has 9 heteroatoms. The number of carboxylic acids is 1. The lowest BCUT2D eigenvalue weighted by atomic mass is 9.94. The van der Waals surface area contributed by atoms with Gasteiger partial charge in [-0.15, -0.1) is 11.8 Å². The fraction of sp³-hybridized carbons (Fsp3) is 0.429. The van der Waals surface area contributed by atoms with Crippen LogP contribution < -0.4 is 5.73 Å². The van der Waals surface area contributed by atoms with Crippen LogP contribution >= 0.6 is 11.8 Å². The van der Waals surface area contributed by atoms with E-state index in [1.165, 1.54) is 19.1 Å². The molecule has 1 aliphatic rings. The molecule has 126 valence electrons. The molecule has 5 nitrogen and oxygen atoms in total. The van der Waals surface area contributed by atoms with E-state index in [1.54, 1.807) is 12.1 Å². The van der Waals surface area contributed by atoms with Crippen LogP contribution in [0.2, 0.25) is 0 Å². The molecular formula is C14H15F3N2O3S. The summed E-state index contributed by atoms with van der Waals surface area (Å²) < 4.78 is 38.2. The van der Waals surface area contributed by atoms with Crippen LogP contribution in [0, 0.1) is 0 Å². The Morgan fingerprint density at radius 2 is 1.96 bits per heavy atom. The monoisotopic (exact) mass is 348 g/mol. The number of alkyl halides is 3. The van der Waals surface area contributed by atoms with Gasteiger partial charge in [0, 0.05) is 12.0 Å². The van der Waals surface area contributed by atoms with Crippen LogP contribution in [0.1, 0.15) is 18.1 Å². The molecule has 0 saturated carbocycles. The van der Waals surface area contributed by atoms with Crippen LogP contribution in [0.25, 0.3) is 0 Å². The number of rotatable bonds is 4. The first-order valence-electron chi connectivity index (χ1n) is 6.58. The van der Waals surface area contributed by atoms with Crippen molar-refractivity contribution < 1.29 is 28.2 Å². The number of hydrogen-bond donors (Lipinski definition) is 3. The Kier molecular flexibility index (Phi) is 4.49. The summed E-state index contributed by atoms with van der Waals surface area (Å²) in [4.78, 5) is 14.4. The molecule has 0 saturated heterocycles. The van der Waals surface area contributed by atoms with Crippen molar-refractivity contribution in [2.45, 2.75) is 30.8 Å². The number of carbonyl (C=O) groups is 1. The Morgan fingerprint density at radius 1 is 1.39 bits per heavy atom. The summed E-state index contributed by atoms with van der Waals surface area (Å²) in [5.74, 6) is -1.74. The Balaban J connectivity index is 2.18. The normalized spacial score (nSPS) is 24.2. The van der Waals surface area contributed by atoms with Gasteiger partial charge in [-0.05, 0) is 12.5 Å². The lowest BCUT2D eigenvalue weighted by Gasteiger charge is -2.21. The number of aliphatic hydroxyl groups is 1. The quantitative estimate of drug-likeness (QED) is 0.771. The molecular weight excluding hydrogens is 333 g/mol. The van der Waals surface area contributed by atoms with E-state index in [0.29, 0.717) is 11.1 Å². The minimum atomic E-state index is -4.83. The summed E-state index contributed by atoms with van der Waals surface area (Å²) in [7, 11) is 0. The van der Waals surface area contributed by atoms with Gasteiger partial charge in [0.1, 0.15) is 10.6 Å². The second-order valence-corrected chi connectivity index (χ2v) is 6.58. The summed E-state index contributed by atoms with van der Waals surface area (Å²) >= 11 is 0.814. The van der Waals surface area contributed by atoms with Crippen molar-refractivity contribution in [1.82, 2.24) is 0 Å². The fourth-order valence-electron chi connectivity index (χ4n) is 1.96.